The van der Waals surface area contributed by atoms with E-state index in [0.717, 1.165) is 11.1 Å². The molecule has 4 heterocycles. The fraction of sp³-hybridized carbons (Fsp3) is 0.261. The molecule has 6 nitrogen and oxygen atoms in total. The zero-order chi connectivity index (χ0) is 22.4. The van der Waals surface area contributed by atoms with Crippen molar-refractivity contribution in [2.24, 2.45) is 5.92 Å². The van der Waals surface area contributed by atoms with Crippen molar-refractivity contribution in [1.82, 2.24) is 15.3 Å². The van der Waals surface area contributed by atoms with Crippen LogP contribution < -0.4 is 16.2 Å². The molecule has 32 heavy (non-hydrogen) atoms. The van der Waals surface area contributed by atoms with Gasteiger partial charge in [-0.25, -0.2) is 9.37 Å². The summed E-state index contributed by atoms with van der Waals surface area (Å²) < 4.78 is 27.8. The number of rotatable bonds is 3. The largest absolute Gasteiger partial charge is 0.329 e. The van der Waals surface area contributed by atoms with E-state index >= 15 is 0 Å². The molecule has 0 radical (unpaired) electrons. The lowest BCUT2D eigenvalue weighted by Crippen LogP contribution is -2.48. The van der Waals surface area contributed by atoms with Gasteiger partial charge in [0.15, 0.2) is 0 Å². The van der Waals surface area contributed by atoms with Crippen LogP contribution in [0.1, 0.15) is 30.0 Å². The highest BCUT2D eigenvalue weighted by Crippen LogP contribution is 2.38. The molecular weight excluding hydrogens is 438 g/mol. The molecule has 3 N–H and O–H groups in total. The molecule has 3 atom stereocenters. The van der Waals surface area contributed by atoms with Crippen LogP contribution in [0.25, 0.3) is 11.1 Å². The SMILES string of the molecule is O=C(Nc1cc(Cl)c(-c2ccc(F)nc2)cc1F)C1CC2Cc3cc(=O)[nH]cc3C(C1)N2. The molecule has 2 bridgehead atoms. The molecule has 9 heteroatoms. The van der Waals surface area contributed by atoms with Gasteiger partial charge in [-0.1, -0.05) is 11.6 Å². The minimum atomic E-state index is -0.644. The number of nitrogens with one attached hydrogen (secondary N) is 3. The standard InChI is InChI=1S/C23H19ClF2N4O2/c24-17-8-20(18(25)7-15(17)11-1-2-21(26)27-9-11)30-23(32)13-4-14-3-12-6-22(31)28-10-16(12)19(5-13)29-14/h1-2,6-10,13-14,19,29H,3-5H2,(H,28,31)(H,30,32). The van der Waals surface area contributed by atoms with Crippen molar-refractivity contribution in [3.05, 3.63) is 81.0 Å². The minimum absolute atomic E-state index is 0.00718. The summed E-state index contributed by atoms with van der Waals surface area (Å²) in [6, 6.07) is 6.83. The van der Waals surface area contributed by atoms with Gasteiger partial charge in [0.25, 0.3) is 0 Å². The van der Waals surface area contributed by atoms with Gasteiger partial charge in [0.2, 0.25) is 17.4 Å². The average molecular weight is 457 g/mol. The van der Waals surface area contributed by atoms with E-state index in [1.165, 1.54) is 30.5 Å². The van der Waals surface area contributed by atoms with Gasteiger partial charge in [-0.3, -0.25) is 9.59 Å². The van der Waals surface area contributed by atoms with Gasteiger partial charge in [-0.15, -0.1) is 0 Å². The lowest BCUT2D eigenvalue weighted by molar-refractivity contribution is -0.121. The number of anilines is 1. The highest BCUT2D eigenvalue weighted by atomic mass is 35.5. The summed E-state index contributed by atoms with van der Waals surface area (Å²) in [5.74, 6) is -1.87. The molecule has 1 amide bonds. The van der Waals surface area contributed by atoms with E-state index in [0.29, 0.717) is 30.4 Å². The molecular formula is C23H19ClF2N4O2. The second-order valence-corrected chi connectivity index (χ2v) is 8.64. The summed E-state index contributed by atoms with van der Waals surface area (Å²) in [7, 11) is 0. The number of aromatic nitrogens is 2. The van der Waals surface area contributed by atoms with Crippen LogP contribution in [0.15, 0.2) is 47.5 Å². The molecule has 3 aromatic rings. The van der Waals surface area contributed by atoms with Crippen LogP contribution in [-0.4, -0.2) is 21.9 Å². The number of amides is 1. The summed E-state index contributed by atoms with van der Waals surface area (Å²) in [5.41, 5.74) is 2.68. The lowest BCUT2D eigenvalue weighted by atomic mass is 9.77. The third-order valence-electron chi connectivity index (χ3n) is 6.14. The monoisotopic (exact) mass is 456 g/mol. The van der Waals surface area contributed by atoms with Crippen molar-refractivity contribution < 1.29 is 13.6 Å². The van der Waals surface area contributed by atoms with Gasteiger partial charge in [0.1, 0.15) is 5.82 Å². The third-order valence-corrected chi connectivity index (χ3v) is 6.45. The number of benzene rings is 1. The first-order chi connectivity index (χ1) is 15.4. The molecule has 1 fully saturated rings. The topological polar surface area (TPSA) is 86.9 Å². The van der Waals surface area contributed by atoms with Crippen molar-refractivity contribution in [3.8, 4) is 11.1 Å². The Hall–Kier alpha value is -3.10. The lowest BCUT2D eigenvalue weighted by Gasteiger charge is -2.40. The molecule has 1 saturated heterocycles. The third kappa shape index (κ3) is 3.91. The number of pyridine rings is 2. The molecule has 0 aliphatic carbocycles. The first-order valence-electron chi connectivity index (χ1n) is 10.3. The van der Waals surface area contributed by atoms with E-state index in [-0.39, 0.29) is 40.2 Å². The van der Waals surface area contributed by atoms with Crippen LogP contribution in [0.5, 0.6) is 0 Å². The van der Waals surface area contributed by atoms with Gasteiger partial charge in [0.05, 0.1) is 10.7 Å². The summed E-state index contributed by atoms with van der Waals surface area (Å²) in [5, 5.41) is 6.39. The van der Waals surface area contributed by atoms with E-state index in [1.54, 1.807) is 12.3 Å². The number of aromatic amines is 1. The minimum Gasteiger partial charge on any atom is -0.329 e. The van der Waals surface area contributed by atoms with Crippen molar-refractivity contribution >= 4 is 23.2 Å². The first kappa shape index (κ1) is 20.8. The van der Waals surface area contributed by atoms with E-state index < -0.39 is 11.8 Å². The van der Waals surface area contributed by atoms with Crippen LogP contribution >= 0.6 is 11.6 Å². The summed E-state index contributed by atoms with van der Waals surface area (Å²) >= 11 is 6.31. The Labute approximate surface area is 187 Å². The van der Waals surface area contributed by atoms with Crippen molar-refractivity contribution in [1.29, 1.82) is 0 Å². The smallest absolute Gasteiger partial charge is 0.248 e. The van der Waals surface area contributed by atoms with Gasteiger partial charge >= 0.3 is 0 Å². The number of piperidine rings is 1. The normalized spacial score (nSPS) is 21.7. The molecule has 0 spiro atoms. The van der Waals surface area contributed by atoms with Gasteiger partial charge in [-0.2, -0.15) is 4.39 Å². The van der Waals surface area contributed by atoms with E-state index in [1.807, 2.05) is 0 Å². The zero-order valence-electron chi connectivity index (χ0n) is 16.8. The van der Waals surface area contributed by atoms with Crippen molar-refractivity contribution in [2.75, 3.05) is 5.32 Å². The maximum absolute atomic E-state index is 14.8. The van der Waals surface area contributed by atoms with Gasteiger partial charge < -0.3 is 15.6 Å². The number of carbonyl (C=O) groups is 1. The van der Waals surface area contributed by atoms with Crippen LogP contribution in [-0.2, 0) is 11.2 Å². The Morgan fingerprint density at radius 3 is 2.81 bits per heavy atom. The number of H-pyrrole nitrogens is 1. The fourth-order valence-electron chi connectivity index (χ4n) is 4.64. The molecule has 1 aromatic carbocycles. The Morgan fingerprint density at radius 1 is 1.19 bits per heavy atom. The van der Waals surface area contributed by atoms with Crippen LogP contribution in [0.3, 0.4) is 0 Å². The number of nitrogens with zero attached hydrogens (tertiary/aromatic N) is 1. The highest BCUT2D eigenvalue weighted by Gasteiger charge is 2.37. The highest BCUT2D eigenvalue weighted by molar-refractivity contribution is 6.33. The Bertz CT molecular complexity index is 1260. The van der Waals surface area contributed by atoms with E-state index in [2.05, 4.69) is 20.6 Å². The van der Waals surface area contributed by atoms with Crippen LogP contribution in [0.4, 0.5) is 14.5 Å². The summed E-state index contributed by atoms with van der Waals surface area (Å²) in [6.07, 6.45) is 4.76. The second kappa shape index (κ2) is 8.11. The van der Waals surface area contributed by atoms with Gasteiger partial charge in [0, 0.05) is 47.6 Å². The summed E-state index contributed by atoms with van der Waals surface area (Å²) in [4.78, 5) is 30.8. The van der Waals surface area contributed by atoms with E-state index in [9.17, 15) is 18.4 Å². The Morgan fingerprint density at radius 2 is 2.03 bits per heavy atom. The Kier molecular flexibility index (Phi) is 5.27. The predicted molar refractivity (Wildman–Crippen MR) is 116 cm³/mol. The van der Waals surface area contributed by atoms with Crippen LogP contribution in [0.2, 0.25) is 5.02 Å². The van der Waals surface area contributed by atoms with Crippen molar-refractivity contribution in [2.45, 2.75) is 31.3 Å². The number of hydrogen-bond donors (Lipinski definition) is 3. The molecule has 164 valence electrons. The predicted octanol–water partition coefficient (Wildman–Crippen LogP) is 3.97. The molecule has 5 rings (SSSR count). The Balaban J connectivity index is 1.34. The fourth-order valence-corrected chi connectivity index (χ4v) is 4.92. The molecule has 2 aliphatic heterocycles. The number of halogens is 3. The molecule has 0 saturated carbocycles. The zero-order valence-corrected chi connectivity index (χ0v) is 17.5. The maximum Gasteiger partial charge on any atom is 0.248 e. The quantitative estimate of drug-likeness (QED) is 0.520. The van der Waals surface area contributed by atoms with E-state index in [4.69, 9.17) is 11.6 Å². The number of fused-ring (bicyclic) bond motifs is 4. The maximum atomic E-state index is 14.8. The first-order valence-corrected chi connectivity index (χ1v) is 10.6. The van der Waals surface area contributed by atoms with Gasteiger partial charge in [-0.05, 0) is 54.7 Å². The molecule has 2 aliphatic rings. The molecule has 2 aromatic heterocycles. The van der Waals surface area contributed by atoms with Crippen LogP contribution in [0, 0.1) is 17.7 Å². The summed E-state index contributed by atoms with van der Waals surface area (Å²) in [6.45, 7) is 0. The number of hydrogen-bond acceptors (Lipinski definition) is 4. The average Bonchev–Trinajstić information content (AvgIpc) is 2.76. The van der Waals surface area contributed by atoms with Crippen molar-refractivity contribution in [3.63, 3.8) is 0 Å². The number of carbonyl (C=O) groups excluding carboxylic acids is 1. The second-order valence-electron chi connectivity index (χ2n) is 8.24. The molecule has 3 unspecified atom stereocenters.